The smallest absolute Gasteiger partial charge is 0.100 e. The minimum absolute atomic E-state index is 0.797. The lowest BCUT2D eigenvalue weighted by Crippen LogP contribution is -2.36. The molecule has 134 valence electrons. The SMILES string of the molecule is c1cc(-c2ccc3ncn(-c4ccc(N5CCOCC5)cc4)c3c2)ccn1. The molecule has 27 heavy (non-hydrogen) atoms. The molecular weight excluding hydrogens is 336 g/mol. The van der Waals surface area contributed by atoms with Crippen LogP contribution in [0.25, 0.3) is 27.8 Å². The molecule has 0 atom stereocenters. The molecular formula is C22H20N4O. The standard InChI is InChI=1S/C22H20N4O/c1-6-21-22(15-18(1)17-7-9-23-10-8-17)26(16-24-21)20-4-2-19(3-5-20)25-11-13-27-14-12-25/h1-10,15-16H,11-14H2. The average molecular weight is 356 g/mol. The van der Waals surface area contributed by atoms with Crippen molar-refractivity contribution in [3.63, 3.8) is 0 Å². The highest BCUT2D eigenvalue weighted by atomic mass is 16.5. The predicted octanol–water partition coefficient (Wildman–Crippen LogP) is 3.92. The Labute approximate surface area is 157 Å². The Morgan fingerprint density at radius 1 is 0.778 bits per heavy atom. The first-order chi connectivity index (χ1) is 13.4. The lowest BCUT2D eigenvalue weighted by molar-refractivity contribution is 0.122. The monoisotopic (exact) mass is 356 g/mol. The molecule has 0 amide bonds. The number of morpholine rings is 1. The van der Waals surface area contributed by atoms with Gasteiger partial charge in [-0.2, -0.15) is 0 Å². The topological polar surface area (TPSA) is 43.2 Å². The number of fused-ring (bicyclic) bond motifs is 1. The summed E-state index contributed by atoms with van der Waals surface area (Å²) in [6.45, 7) is 3.49. The van der Waals surface area contributed by atoms with Gasteiger partial charge in [-0.3, -0.25) is 9.55 Å². The van der Waals surface area contributed by atoms with Crippen LogP contribution >= 0.6 is 0 Å². The summed E-state index contributed by atoms with van der Waals surface area (Å²) in [6, 6.07) is 19.1. The van der Waals surface area contributed by atoms with Crippen LogP contribution in [0, 0.1) is 0 Å². The normalized spacial score (nSPS) is 14.6. The lowest BCUT2D eigenvalue weighted by atomic mass is 10.1. The van der Waals surface area contributed by atoms with Crippen molar-refractivity contribution in [2.24, 2.45) is 0 Å². The van der Waals surface area contributed by atoms with Gasteiger partial charge in [-0.15, -0.1) is 0 Å². The highest BCUT2D eigenvalue weighted by Crippen LogP contribution is 2.26. The van der Waals surface area contributed by atoms with Crippen molar-refractivity contribution in [3.05, 3.63) is 73.3 Å². The van der Waals surface area contributed by atoms with Gasteiger partial charge in [-0.1, -0.05) is 6.07 Å². The van der Waals surface area contributed by atoms with Crippen molar-refractivity contribution in [1.29, 1.82) is 0 Å². The van der Waals surface area contributed by atoms with Gasteiger partial charge in [0.1, 0.15) is 6.33 Å². The molecule has 0 spiro atoms. The molecule has 1 fully saturated rings. The summed E-state index contributed by atoms with van der Waals surface area (Å²) in [5.74, 6) is 0. The summed E-state index contributed by atoms with van der Waals surface area (Å²) in [5.41, 5.74) is 6.76. The lowest BCUT2D eigenvalue weighted by Gasteiger charge is -2.28. The molecule has 0 unspecified atom stereocenters. The van der Waals surface area contributed by atoms with E-state index in [0.717, 1.165) is 54.2 Å². The van der Waals surface area contributed by atoms with E-state index in [0.29, 0.717) is 0 Å². The zero-order chi connectivity index (χ0) is 18.1. The van der Waals surface area contributed by atoms with Gasteiger partial charge in [-0.05, 0) is 59.7 Å². The van der Waals surface area contributed by atoms with E-state index in [1.54, 1.807) is 0 Å². The second kappa shape index (κ2) is 6.85. The Bertz CT molecular complexity index is 1050. The van der Waals surface area contributed by atoms with Crippen molar-refractivity contribution in [3.8, 4) is 16.8 Å². The maximum atomic E-state index is 5.44. The number of nitrogens with zero attached hydrogens (tertiary/aromatic N) is 4. The van der Waals surface area contributed by atoms with Gasteiger partial charge in [0.15, 0.2) is 0 Å². The number of aromatic nitrogens is 3. The van der Waals surface area contributed by atoms with Crippen LogP contribution in [0.3, 0.4) is 0 Å². The fraction of sp³-hybridized carbons (Fsp3) is 0.182. The maximum Gasteiger partial charge on any atom is 0.100 e. The number of hydrogen-bond donors (Lipinski definition) is 0. The van der Waals surface area contributed by atoms with Gasteiger partial charge < -0.3 is 9.64 Å². The molecule has 2 aromatic heterocycles. The minimum Gasteiger partial charge on any atom is -0.378 e. The highest BCUT2D eigenvalue weighted by molar-refractivity contribution is 5.83. The third-order valence-corrected chi connectivity index (χ3v) is 5.07. The van der Waals surface area contributed by atoms with Crippen LogP contribution in [-0.4, -0.2) is 40.8 Å². The van der Waals surface area contributed by atoms with Gasteiger partial charge in [0, 0.05) is 36.9 Å². The van der Waals surface area contributed by atoms with Crippen LogP contribution in [-0.2, 0) is 4.74 Å². The van der Waals surface area contributed by atoms with Crippen molar-refractivity contribution in [2.75, 3.05) is 31.2 Å². The van der Waals surface area contributed by atoms with Crippen LogP contribution in [0.1, 0.15) is 0 Å². The molecule has 1 saturated heterocycles. The summed E-state index contributed by atoms with van der Waals surface area (Å²) in [6.07, 6.45) is 5.53. The number of benzene rings is 2. The van der Waals surface area contributed by atoms with Crippen LogP contribution in [0.4, 0.5) is 5.69 Å². The van der Waals surface area contributed by atoms with Crippen LogP contribution < -0.4 is 4.90 Å². The molecule has 0 N–H and O–H groups in total. The molecule has 1 aliphatic rings. The van der Waals surface area contributed by atoms with Crippen LogP contribution in [0.2, 0.25) is 0 Å². The zero-order valence-electron chi connectivity index (χ0n) is 15.0. The van der Waals surface area contributed by atoms with Crippen LogP contribution in [0.15, 0.2) is 73.3 Å². The predicted molar refractivity (Wildman–Crippen MR) is 107 cm³/mol. The Kier molecular flexibility index (Phi) is 4.07. The van der Waals surface area contributed by atoms with Gasteiger partial charge in [-0.25, -0.2) is 4.98 Å². The van der Waals surface area contributed by atoms with Gasteiger partial charge >= 0.3 is 0 Å². The first-order valence-corrected chi connectivity index (χ1v) is 9.19. The van der Waals surface area contributed by atoms with E-state index >= 15 is 0 Å². The third-order valence-electron chi connectivity index (χ3n) is 5.07. The molecule has 5 heteroatoms. The number of imidazole rings is 1. The third kappa shape index (κ3) is 3.06. The van der Waals surface area contributed by atoms with Gasteiger partial charge in [0.05, 0.1) is 24.2 Å². The Balaban J connectivity index is 1.51. The van der Waals surface area contributed by atoms with Crippen molar-refractivity contribution >= 4 is 16.7 Å². The van der Waals surface area contributed by atoms with Crippen LogP contribution in [0.5, 0.6) is 0 Å². The molecule has 5 nitrogen and oxygen atoms in total. The molecule has 0 aliphatic carbocycles. The molecule has 3 heterocycles. The van der Waals surface area contributed by atoms with E-state index in [1.807, 2.05) is 30.9 Å². The number of anilines is 1. The van der Waals surface area contributed by atoms with E-state index in [4.69, 9.17) is 4.74 Å². The summed E-state index contributed by atoms with van der Waals surface area (Å²) in [5, 5.41) is 0. The fourth-order valence-corrected chi connectivity index (χ4v) is 3.58. The second-order valence-corrected chi connectivity index (χ2v) is 6.67. The summed E-state index contributed by atoms with van der Waals surface area (Å²) in [7, 11) is 0. The summed E-state index contributed by atoms with van der Waals surface area (Å²) >= 11 is 0. The summed E-state index contributed by atoms with van der Waals surface area (Å²) in [4.78, 5) is 11.0. The first-order valence-electron chi connectivity index (χ1n) is 9.19. The maximum absolute atomic E-state index is 5.44. The molecule has 4 aromatic rings. The molecule has 2 aromatic carbocycles. The zero-order valence-corrected chi connectivity index (χ0v) is 15.0. The van der Waals surface area contributed by atoms with E-state index in [-0.39, 0.29) is 0 Å². The van der Waals surface area contributed by atoms with Crippen molar-refractivity contribution < 1.29 is 4.74 Å². The second-order valence-electron chi connectivity index (χ2n) is 6.67. The number of hydrogen-bond acceptors (Lipinski definition) is 4. The minimum atomic E-state index is 0.797. The van der Waals surface area contributed by atoms with E-state index < -0.39 is 0 Å². The number of pyridine rings is 1. The van der Waals surface area contributed by atoms with E-state index in [2.05, 4.69) is 61.9 Å². The van der Waals surface area contributed by atoms with E-state index in [1.165, 1.54) is 5.69 Å². The molecule has 5 rings (SSSR count). The van der Waals surface area contributed by atoms with Crippen molar-refractivity contribution in [2.45, 2.75) is 0 Å². The molecule has 1 aliphatic heterocycles. The Morgan fingerprint density at radius 3 is 2.30 bits per heavy atom. The van der Waals surface area contributed by atoms with Gasteiger partial charge in [0.25, 0.3) is 0 Å². The summed E-state index contributed by atoms with van der Waals surface area (Å²) < 4.78 is 7.58. The Hall–Kier alpha value is -3.18. The average Bonchev–Trinajstić information content (AvgIpc) is 3.18. The van der Waals surface area contributed by atoms with Gasteiger partial charge in [0.2, 0.25) is 0 Å². The quantitative estimate of drug-likeness (QED) is 0.558. The highest BCUT2D eigenvalue weighted by Gasteiger charge is 2.12. The molecule has 0 bridgehead atoms. The first kappa shape index (κ1) is 16.0. The number of ether oxygens (including phenoxy) is 1. The number of rotatable bonds is 3. The Morgan fingerprint density at radius 2 is 1.52 bits per heavy atom. The molecule has 0 saturated carbocycles. The largest absolute Gasteiger partial charge is 0.378 e. The molecule has 0 radical (unpaired) electrons. The van der Waals surface area contributed by atoms with E-state index in [9.17, 15) is 0 Å². The fourth-order valence-electron chi connectivity index (χ4n) is 3.58. The van der Waals surface area contributed by atoms with Crippen molar-refractivity contribution in [1.82, 2.24) is 14.5 Å².